The van der Waals surface area contributed by atoms with Crippen LogP contribution in [-0.2, 0) is 6.42 Å². The third-order valence-electron chi connectivity index (χ3n) is 6.30. The second-order valence-corrected chi connectivity index (χ2v) is 8.62. The third-order valence-corrected chi connectivity index (χ3v) is 6.30. The van der Waals surface area contributed by atoms with Crippen LogP contribution in [0, 0.1) is 5.92 Å². The molecule has 1 saturated heterocycles. The van der Waals surface area contributed by atoms with Crippen molar-refractivity contribution in [3.8, 4) is 5.75 Å². The molecule has 0 spiro atoms. The van der Waals surface area contributed by atoms with Gasteiger partial charge in [-0.1, -0.05) is 60.7 Å². The highest BCUT2D eigenvalue weighted by atomic mass is 16.4. The summed E-state index contributed by atoms with van der Waals surface area (Å²) in [6.45, 7) is 4.16. The molecule has 2 atom stereocenters. The summed E-state index contributed by atoms with van der Waals surface area (Å²) >= 11 is 0. The molecule has 1 fully saturated rings. The van der Waals surface area contributed by atoms with Crippen molar-refractivity contribution in [2.24, 2.45) is 5.92 Å². The van der Waals surface area contributed by atoms with E-state index in [1.165, 1.54) is 18.4 Å². The van der Waals surface area contributed by atoms with E-state index in [-0.39, 0.29) is 11.8 Å². The van der Waals surface area contributed by atoms with Crippen LogP contribution in [0.25, 0.3) is 0 Å². The Bertz CT molecular complexity index is 968. The molecule has 0 aromatic heterocycles. The van der Waals surface area contributed by atoms with Gasteiger partial charge in [-0.05, 0) is 80.6 Å². The van der Waals surface area contributed by atoms with Gasteiger partial charge in [-0.2, -0.15) is 0 Å². The van der Waals surface area contributed by atoms with Gasteiger partial charge in [0.05, 0.1) is 11.7 Å². The van der Waals surface area contributed by atoms with Gasteiger partial charge < -0.3 is 15.3 Å². The van der Waals surface area contributed by atoms with Gasteiger partial charge in [0, 0.05) is 6.04 Å². The summed E-state index contributed by atoms with van der Waals surface area (Å²) in [5.74, 6) is 0.0950. The summed E-state index contributed by atoms with van der Waals surface area (Å²) in [4.78, 5) is 12.6. The van der Waals surface area contributed by atoms with Crippen LogP contribution >= 0.6 is 0 Å². The van der Waals surface area contributed by atoms with Gasteiger partial charge >= 0.3 is 5.97 Å². The van der Waals surface area contributed by atoms with Gasteiger partial charge in [-0.15, -0.1) is 0 Å². The zero-order chi connectivity index (χ0) is 23.6. The largest absolute Gasteiger partial charge is 0.508 e. The Morgan fingerprint density at radius 2 is 1.45 bits per heavy atom. The third kappa shape index (κ3) is 7.45. The highest BCUT2D eigenvalue weighted by Crippen LogP contribution is 2.28. The molecule has 0 amide bonds. The lowest BCUT2D eigenvalue weighted by molar-refractivity contribution is 0.0373. The molecule has 5 nitrogen and oxygen atoms in total. The predicted molar refractivity (Wildman–Crippen MR) is 130 cm³/mol. The van der Waals surface area contributed by atoms with Crippen molar-refractivity contribution >= 4 is 5.97 Å². The van der Waals surface area contributed by atoms with Crippen LogP contribution in [0.1, 0.15) is 47.4 Å². The van der Waals surface area contributed by atoms with Crippen LogP contribution in [-0.4, -0.2) is 45.3 Å². The van der Waals surface area contributed by atoms with Gasteiger partial charge in [-0.25, -0.2) is 4.79 Å². The summed E-state index contributed by atoms with van der Waals surface area (Å²) in [5, 5.41) is 28.4. The van der Waals surface area contributed by atoms with E-state index in [2.05, 4.69) is 42.2 Å². The molecule has 4 rings (SSSR count). The number of rotatable bonds is 6. The van der Waals surface area contributed by atoms with Crippen molar-refractivity contribution in [1.29, 1.82) is 0 Å². The zero-order valence-electron chi connectivity index (χ0n) is 19.0. The molecule has 1 aliphatic rings. The number of aliphatic hydroxyl groups is 1. The van der Waals surface area contributed by atoms with Crippen molar-refractivity contribution in [1.82, 2.24) is 4.90 Å². The number of nitrogens with zero attached hydrogens (tertiary/aromatic N) is 1. The zero-order valence-corrected chi connectivity index (χ0v) is 19.0. The fourth-order valence-electron chi connectivity index (χ4n) is 4.24. The molecular weight excluding hydrogens is 414 g/mol. The van der Waals surface area contributed by atoms with Crippen LogP contribution in [0.4, 0.5) is 0 Å². The number of phenols is 1. The van der Waals surface area contributed by atoms with E-state index < -0.39 is 12.1 Å². The Balaban J connectivity index is 0.000000286. The monoisotopic (exact) mass is 447 g/mol. The summed E-state index contributed by atoms with van der Waals surface area (Å²) < 4.78 is 0. The van der Waals surface area contributed by atoms with Crippen LogP contribution in [0.15, 0.2) is 84.9 Å². The number of benzene rings is 3. The van der Waals surface area contributed by atoms with E-state index in [1.54, 1.807) is 54.6 Å². The first-order chi connectivity index (χ1) is 15.9. The van der Waals surface area contributed by atoms with Crippen molar-refractivity contribution in [2.75, 3.05) is 13.1 Å². The molecule has 1 aliphatic heterocycles. The minimum Gasteiger partial charge on any atom is -0.508 e. The van der Waals surface area contributed by atoms with Crippen LogP contribution in [0.5, 0.6) is 5.75 Å². The molecule has 0 saturated carbocycles. The molecule has 0 radical (unpaired) electrons. The van der Waals surface area contributed by atoms with Gasteiger partial charge in [0.15, 0.2) is 0 Å². The second-order valence-electron chi connectivity index (χ2n) is 8.62. The minimum atomic E-state index is -0.879. The highest BCUT2D eigenvalue weighted by molar-refractivity contribution is 5.87. The number of likely N-dealkylation sites (tertiary alicyclic amines) is 1. The molecule has 3 N–H and O–H groups in total. The number of carbonyl (C=O) groups is 1. The molecule has 1 heterocycles. The van der Waals surface area contributed by atoms with Crippen molar-refractivity contribution in [2.45, 2.75) is 38.3 Å². The van der Waals surface area contributed by atoms with E-state index >= 15 is 0 Å². The van der Waals surface area contributed by atoms with E-state index in [4.69, 9.17) is 5.11 Å². The Morgan fingerprint density at radius 1 is 0.909 bits per heavy atom. The van der Waals surface area contributed by atoms with Gasteiger partial charge in [-0.3, -0.25) is 4.90 Å². The number of aliphatic hydroxyl groups excluding tert-OH is 1. The predicted octanol–water partition coefficient (Wildman–Crippen LogP) is 5.15. The van der Waals surface area contributed by atoms with E-state index in [0.29, 0.717) is 5.56 Å². The number of carboxylic acid groups (broad SMARTS) is 1. The maximum absolute atomic E-state index is 10.6. The smallest absolute Gasteiger partial charge is 0.335 e. The number of aromatic hydroxyl groups is 1. The molecule has 3 aromatic carbocycles. The Morgan fingerprint density at radius 3 is 1.97 bits per heavy atom. The number of aromatic carboxylic acids is 1. The Labute approximate surface area is 195 Å². The summed E-state index contributed by atoms with van der Waals surface area (Å²) in [7, 11) is 0. The molecule has 0 aliphatic carbocycles. The number of piperidine rings is 1. The molecule has 2 unspecified atom stereocenters. The first kappa shape index (κ1) is 24.5. The lowest BCUT2D eigenvalue weighted by Gasteiger charge is -2.38. The van der Waals surface area contributed by atoms with Crippen molar-refractivity contribution in [3.63, 3.8) is 0 Å². The average Bonchev–Trinajstić information content (AvgIpc) is 2.86. The van der Waals surface area contributed by atoms with Crippen molar-refractivity contribution < 1.29 is 20.1 Å². The molecule has 33 heavy (non-hydrogen) atoms. The average molecular weight is 448 g/mol. The molecule has 5 heteroatoms. The lowest BCUT2D eigenvalue weighted by Crippen LogP contribution is -2.43. The highest BCUT2D eigenvalue weighted by Gasteiger charge is 2.27. The molecule has 3 aromatic rings. The van der Waals surface area contributed by atoms with Crippen LogP contribution in [0.3, 0.4) is 0 Å². The summed E-state index contributed by atoms with van der Waals surface area (Å²) in [5.41, 5.74) is 2.62. The molecular formula is C28H33NO4. The summed E-state index contributed by atoms with van der Waals surface area (Å²) in [6, 6.07) is 26.0. The van der Waals surface area contributed by atoms with Crippen LogP contribution < -0.4 is 0 Å². The minimum absolute atomic E-state index is 0.0900. The van der Waals surface area contributed by atoms with Gasteiger partial charge in [0.1, 0.15) is 5.75 Å². The number of carboxylic acids is 1. The lowest BCUT2D eigenvalue weighted by atomic mass is 9.89. The Hall–Kier alpha value is -3.15. The number of phenolic OH excluding ortho intramolecular Hbond substituents is 1. The normalized spacial score (nSPS) is 16.3. The summed E-state index contributed by atoms with van der Waals surface area (Å²) in [6.07, 6.45) is 3.00. The first-order valence-corrected chi connectivity index (χ1v) is 11.5. The molecule has 0 bridgehead atoms. The van der Waals surface area contributed by atoms with E-state index in [0.717, 1.165) is 31.0 Å². The van der Waals surface area contributed by atoms with Crippen molar-refractivity contribution in [3.05, 3.63) is 102 Å². The SMILES string of the molecule is CC(C(O)c1ccc(O)cc1)N1CCC(Cc2ccccc2)CC1.O=C(O)c1ccccc1. The van der Waals surface area contributed by atoms with Crippen LogP contribution in [0.2, 0.25) is 0 Å². The Kier molecular flexibility index (Phi) is 9.04. The number of hydrogen-bond donors (Lipinski definition) is 3. The quantitative estimate of drug-likeness (QED) is 0.487. The van der Waals surface area contributed by atoms with Gasteiger partial charge in [0.2, 0.25) is 0 Å². The van der Waals surface area contributed by atoms with E-state index in [9.17, 15) is 15.0 Å². The maximum Gasteiger partial charge on any atom is 0.335 e. The fourth-order valence-corrected chi connectivity index (χ4v) is 4.24. The molecule has 174 valence electrons. The second kappa shape index (κ2) is 12.2. The van der Waals surface area contributed by atoms with Gasteiger partial charge in [0.25, 0.3) is 0 Å². The van der Waals surface area contributed by atoms with E-state index in [1.807, 2.05) is 0 Å². The standard InChI is InChI=1S/C21H27NO2.C7H6O2/c1-16(21(24)19-7-9-20(23)10-8-19)22-13-11-18(12-14-22)15-17-5-3-2-4-6-17;8-7(9)6-4-2-1-3-5-6/h2-10,16,18,21,23-24H,11-15H2,1H3;1-5H,(H,8,9). The maximum atomic E-state index is 10.6. The first-order valence-electron chi connectivity index (χ1n) is 11.5. The topological polar surface area (TPSA) is 81.0 Å². The fraction of sp³-hybridized carbons (Fsp3) is 0.321. The number of hydrogen-bond acceptors (Lipinski definition) is 4.